The number of halogens is 1. The van der Waals surface area contributed by atoms with Crippen LogP contribution < -0.4 is 11.1 Å². The minimum Gasteiger partial charge on any atom is -0.329 e. The lowest BCUT2D eigenvalue weighted by molar-refractivity contribution is -0.123. The lowest BCUT2D eigenvalue weighted by atomic mass is 9.92. The summed E-state index contributed by atoms with van der Waals surface area (Å²) in [5.74, 6) is -0.149. The number of rotatable bonds is 3. The van der Waals surface area contributed by atoms with Crippen molar-refractivity contribution in [3.63, 3.8) is 0 Å². The van der Waals surface area contributed by atoms with Gasteiger partial charge in [-0.2, -0.15) is 0 Å². The Kier molecular flexibility index (Phi) is 3.73. The van der Waals surface area contributed by atoms with Crippen LogP contribution in [-0.4, -0.2) is 17.4 Å². The van der Waals surface area contributed by atoms with E-state index in [1.54, 1.807) is 26.1 Å². The Labute approximate surface area is 117 Å². The monoisotopic (exact) mass is 277 g/mol. The first-order valence-electron chi connectivity index (χ1n) is 6.00. The van der Waals surface area contributed by atoms with Gasteiger partial charge >= 0.3 is 0 Å². The first-order chi connectivity index (χ1) is 8.94. The van der Waals surface area contributed by atoms with Crippen LogP contribution in [0.2, 0.25) is 5.02 Å². The zero-order chi connectivity index (χ0) is 14.0. The molecule has 0 unspecified atom stereocenters. The molecule has 0 radical (unpaired) electrons. The van der Waals surface area contributed by atoms with Gasteiger partial charge in [0.25, 0.3) is 0 Å². The third-order valence-corrected chi connectivity index (χ3v) is 3.26. The summed E-state index contributed by atoms with van der Waals surface area (Å²) in [4.78, 5) is 16.4. The Bertz CT molecular complexity index is 625. The maximum Gasteiger partial charge on any atom is 0.231 e. The Morgan fingerprint density at radius 1 is 1.47 bits per heavy atom. The molecule has 1 aromatic heterocycles. The van der Waals surface area contributed by atoms with E-state index in [2.05, 4.69) is 10.3 Å². The summed E-state index contributed by atoms with van der Waals surface area (Å²) < 4.78 is 0. The molecule has 0 saturated heterocycles. The van der Waals surface area contributed by atoms with Crippen molar-refractivity contribution in [2.24, 2.45) is 11.1 Å². The molecule has 0 aliphatic rings. The first kappa shape index (κ1) is 13.8. The molecular formula is C14H16ClN3O. The lowest BCUT2D eigenvalue weighted by Gasteiger charge is -2.21. The number of fused-ring (bicyclic) bond motifs is 1. The molecule has 100 valence electrons. The third-order valence-electron chi connectivity index (χ3n) is 3.04. The highest BCUT2D eigenvalue weighted by atomic mass is 35.5. The minimum atomic E-state index is -0.635. The number of carbonyl (C=O) groups is 1. The van der Waals surface area contributed by atoms with E-state index >= 15 is 0 Å². The zero-order valence-electron chi connectivity index (χ0n) is 10.9. The summed E-state index contributed by atoms with van der Waals surface area (Å²) in [5.41, 5.74) is 6.29. The van der Waals surface area contributed by atoms with Gasteiger partial charge in [-0.15, -0.1) is 0 Å². The third kappa shape index (κ3) is 2.85. The van der Waals surface area contributed by atoms with Gasteiger partial charge in [-0.1, -0.05) is 17.7 Å². The number of nitrogens with zero attached hydrogens (tertiary/aromatic N) is 1. The summed E-state index contributed by atoms with van der Waals surface area (Å²) in [6.45, 7) is 3.86. The van der Waals surface area contributed by atoms with E-state index in [1.165, 1.54) is 0 Å². The average Bonchev–Trinajstić information content (AvgIpc) is 2.38. The molecule has 0 saturated carbocycles. The quantitative estimate of drug-likeness (QED) is 0.906. The fraction of sp³-hybridized carbons (Fsp3) is 0.286. The van der Waals surface area contributed by atoms with E-state index in [4.69, 9.17) is 17.3 Å². The van der Waals surface area contributed by atoms with Gasteiger partial charge in [-0.25, -0.2) is 0 Å². The summed E-state index contributed by atoms with van der Waals surface area (Å²) in [6, 6.07) is 7.24. The molecule has 0 atom stereocenters. The highest BCUT2D eigenvalue weighted by Crippen LogP contribution is 2.27. The maximum absolute atomic E-state index is 12.2. The number of hydrogen-bond donors (Lipinski definition) is 2. The number of nitrogens with one attached hydrogen (secondary N) is 1. The molecular weight excluding hydrogens is 262 g/mol. The largest absolute Gasteiger partial charge is 0.329 e. The molecule has 0 aliphatic heterocycles. The van der Waals surface area contributed by atoms with Gasteiger partial charge in [-0.05, 0) is 32.0 Å². The van der Waals surface area contributed by atoms with E-state index in [9.17, 15) is 4.79 Å². The second kappa shape index (κ2) is 5.15. The predicted molar refractivity (Wildman–Crippen MR) is 78.2 cm³/mol. The molecule has 0 spiro atoms. The van der Waals surface area contributed by atoms with Crippen molar-refractivity contribution in [1.29, 1.82) is 0 Å². The summed E-state index contributed by atoms with van der Waals surface area (Å²) >= 11 is 6.05. The van der Waals surface area contributed by atoms with Crippen LogP contribution in [0.25, 0.3) is 10.9 Å². The summed E-state index contributed by atoms with van der Waals surface area (Å²) in [6.07, 6.45) is 1.68. The second-order valence-corrected chi connectivity index (χ2v) is 5.51. The van der Waals surface area contributed by atoms with Crippen molar-refractivity contribution in [2.45, 2.75) is 13.8 Å². The van der Waals surface area contributed by atoms with E-state index in [-0.39, 0.29) is 12.5 Å². The molecule has 3 N–H and O–H groups in total. The molecule has 1 aromatic carbocycles. The molecule has 0 aliphatic carbocycles. The predicted octanol–water partition coefficient (Wildman–Crippen LogP) is 2.81. The fourth-order valence-corrected chi connectivity index (χ4v) is 1.86. The number of benzene rings is 1. The first-order valence-corrected chi connectivity index (χ1v) is 6.37. The van der Waals surface area contributed by atoms with Crippen molar-refractivity contribution in [2.75, 3.05) is 11.9 Å². The van der Waals surface area contributed by atoms with Crippen LogP contribution in [0.15, 0.2) is 30.5 Å². The number of pyridine rings is 1. The Balaban J connectivity index is 2.43. The highest BCUT2D eigenvalue weighted by molar-refractivity contribution is 6.32. The van der Waals surface area contributed by atoms with E-state index in [0.29, 0.717) is 16.2 Å². The Hall–Kier alpha value is -1.65. The van der Waals surface area contributed by atoms with Gasteiger partial charge in [0, 0.05) is 23.2 Å². The van der Waals surface area contributed by atoms with Gasteiger partial charge in [0.1, 0.15) is 0 Å². The highest BCUT2D eigenvalue weighted by Gasteiger charge is 2.26. The smallest absolute Gasteiger partial charge is 0.231 e. The average molecular weight is 278 g/mol. The Morgan fingerprint density at radius 3 is 2.89 bits per heavy atom. The molecule has 5 heteroatoms. The van der Waals surface area contributed by atoms with E-state index < -0.39 is 5.41 Å². The SMILES string of the molecule is CC(C)(CN)C(=O)Nc1cc(Cl)cc2cccnc12. The van der Waals surface area contributed by atoms with Crippen molar-refractivity contribution in [3.05, 3.63) is 35.5 Å². The normalized spacial score (nSPS) is 11.6. The number of anilines is 1. The van der Waals surface area contributed by atoms with Crippen LogP contribution in [0.1, 0.15) is 13.8 Å². The number of hydrogen-bond acceptors (Lipinski definition) is 3. The van der Waals surface area contributed by atoms with Crippen LogP contribution in [0.3, 0.4) is 0 Å². The van der Waals surface area contributed by atoms with Crippen molar-refractivity contribution >= 4 is 34.1 Å². The van der Waals surface area contributed by atoms with Crippen LogP contribution in [0.5, 0.6) is 0 Å². The topological polar surface area (TPSA) is 68.0 Å². The zero-order valence-corrected chi connectivity index (χ0v) is 11.7. The Morgan fingerprint density at radius 2 is 2.21 bits per heavy atom. The van der Waals surface area contributed by atoms with Gasteiger partial charge in [-0.3, -0.25) is 9.78 Å². The lowest BCUT2D eigenvalue weighted by Crippen LogP contribution is -2.37. The minimum absolute atomic E-state index is 0.149. The molecule has 2 aromatic rings. The number of amides is 1. The number of nitrogens with two attached hydrogens (primary N) is 1. The van der Waals surface area contributed by atoms with Crippen molar-refractivity contribution < 1.29 is 4.79 Å². The number of aromatic nitrogens is 1. The van der Waals surface area contributed by atoms with Crippen LogP contribution >= 0.6 is 11.6 Å². The van der Waals surface area contributed by atoms with Crippen LogP contribution in [-0.2, 0) is 4.79 Å². The fourth-order valence-electron chi connectivity index (χ4n) is 1.64. The van der Waals surface area contributed by atoms with E-state index in [0.717, 1.165) is 5.39 Å². The maximum atomic E-state index is 12.2. The summed E-state index contributed by atoms with van der Waals surface area (Å²) in [5, 5.41) is 4.29. The molecule has 0 bridgehead atoms. The standard InChI is InChI=1S/C14H16ClN3O/c1-14(2,8-16)13(19)18-11-7-10(15)6-9-4-3-5-17-12(9)11/h3-7H,8,16H2,1-2H3,(H,18,19). The molecule has 2 rings (SSSR count). The molecule has 1 amide bonds. The molecule has 19 heavy (non-hydrogen) atoms. The summed E-state index contributed by atoms with van der Waals surface area (Å²) in [7, 11) is 0. The van der Waals surface area contributed by atoms with Crippen molar-refractivity contribution in [3.8, 4) is 0 Å². The number of carbonyl (C=O) groups excluding carboxylic acids is 1. The van der Waals surface area contributed by atoms with Gasteiger partial charge < -0.3 is 11.1 Å². The van der Waals surface area contributed by atoms with Gasteiger partial charge in [0.15, 0.2) is 0 Å². The molecule has 4 nitrogen and oxygen atoms in total. The molecule has 1 heterocycles. The van der Waals surface area contributed by atoms with Gasteiger partial charge in [0.05, 0.1) is 16.6 Å². The van der Waals surface area contributed by atoms with Crippen LogP contribution in [0.4, 0.5) is 5.69 Å². The van der Waals surface area contributed by atoms with E-state index in [1.807, 2.05) is 18.2 Å². The second-order valence-electron chi connectivity index (χ2n) is 5.07. The van der Waals surface area contributed by atoms with Crippen LogP contribution in [0, 0.1) is 5.41 Å². The van der Waals surface area contributed by atoms with Crippen molar-refractivity contribution in [1.82, 2.24) is 4.98 Å². The van der Waals surface area contributed by atoms with Gasteiger partial charge in [0.2, 0.25) is 5.91 Å². The molecule has 0 fully saturated rings.